The predicted octanol–water partition coefficient (Wildman–Crippen LogP) is 5.20. The third-order valence-corrected chi connectivity index (χ3v) is 6.99. The average Bonchev–Trinajstić information content (AvgIpc) is 3.12. The van der Waals surface area contributed by atoms with E-state index in [1.54, 1.807) is 0 Å². The molecule has 0 spiro atoms. The number of hydrogen-bond donors (Lipinski definition) is 1. The van der Waals surface area contributed by atoms with Gasteiger partial charge in [0, 0.05) is 28.7 Å². The summed E-state index contributed by atoms with van der Waals surface area (Å²) in [6.45, 7) is 1.97. The zero-order chi connectivity index (χ0) is 20.8. The first-order chi connectivity index (χ1) is 14.5. The maximum Gasteiger partial charge on any atom is 0.253 e. The first-order valence-electron chi connectivity index (χ1n) is 10.7. The van der Waals surface area contributed by atoms with Gasteiger partial charge in [-0.3, -0.25) is 4.79 Å². The minimum atomic E-state index is -0.0686. The van der Waals surface area contributed by atoms with Gasteiger partial charge in [0.2, 0.25) is 5.89 Å². The fourth-order valence-electron chi connectivity index (χ4n) is 5.11. The van der Waals surface area contributed by atoms with Crippen LogP contribution in [0.25, 0.3) is 22.6 Å². The lowest BCUT2D eigenvalue weighted by molar-refractivity contribution is 0.0463. The first-order valence-corrected chi connectivity index (χ1v) is 11.1. The topological polar surface area (TPSA) is 58.4 Å². The maximum absolute atomic E-state index is 13.2. The molecular formula is C24H26ClN3O2. The van der Waals surface area contributed by atoms with Crippen molar-refractivity contribution in [3.8, 4) is 11.5 Å². The molecule has 1 N–H and O–H groups in total. The number of para-hydroxylation sites is 1. The van der Waals surface area contributed by atoms with Crippen LogP contribution in [0.1, 0.15) is 48.0 Å². The maximum atomic E-state index is 13.2. The molecule has 5 nitrogen and oxygen atoms in total. The molecule has 2 unspecified atom stereocenters. The van der Waals surface area contributed by atoms with Gasteiger partial charge in [-0.25, -0.2) is 4.98 Å². The van der Waals surface area contributed by atoms with Crippen molar-refractivity contribution in [2.24, 2.45) is 0 Å². The second kappa shape index (κ2) is 7.71. The Hall–Kier alpha value is -2.37. The number of nitrogens with one attached hydrogen (secondary N) is 1. The molecule has 2 aliphatic heterocycles. The molecule has 3 aromatic rings. The Morgan fingerprint density at radius 1 is 1.20 bits per heavy atom. The highest BCUT2D eigenvalue weighted by Gasteiger charge is 2.36. The van der Waals surface area contributed by atoms with Crippen LogP contribution in [0.5, 0.6) is 0 Å². The van der Waals surface area contributed by atoms with Gasteiger partial charge in [-0.2, -0.15) is 0 Å². The fraction of sp³-hybridized carbons (Fsp3) is 0.417. The van der Waals surface area contributed by atoms with E-state index < -0.39 is 0 Å². The molecule has 30 heavy (non-hydrogen) atoms. The van der Waals surface area contributed by atoms with Crippen LogP contribution in [0.15, 0.2) is 40.8 Å². The van der Waals surface area contributed by atoms with Gasteiger partial charge in [-0.05, 0) is 75.5 Å². The lowest BCUT2D eigenvalue weighted by Gasteiger charge is -2.47. The van der Waals surface area contributed by atoms with E-state index in [9.17, 15) is 4.79 Å². The monoisotopic (exact) mass is 423 g/mol. The van der Waals surface area contributed by atoms with Crippen LogP contribution < -0.4 is 5.32 Å². The van der Waals surface area contributed by atoms with Crippen LogP contribution in [0.4, 0.5) is 0 Å². The Kier molecular flexibility index (Phi) is 5.03. The standard InChI is InChI=1S/C24H26ClN3O2/c1-14-11-15(25)9-10-19(14)24-27-22-20(7-4-8-21(22)30-24)23(29)26-16-12-17-5-3-6-18(13-16)28(17)2/h4,7-11,16-18H,3,5-6,12-13H2,1-2H3,(H,26,29). The van der Waals surface area contributed by atoms with E-state index in [4.69, 9.17) is 16.0 Å². The molecule has 1 amide bonds. The van der Waals surface area contributed by atoms with E-state index in [2.05, 4.69) is 22.2 Å². The van der Waals surface area contributed by atoms with Crippen molar-refractivity contribution in [1.29, 1.82) is 0 Å². The van der Waals surface area contributed by atoms with E-state index in [1.807, 2.05) is 43.3 Å². The predicted molar refractivity (Wildman–Crippen MR) is 119 cm³/mol. The molecule has 3 heterocycles. The quantitative estimate of drug-likeness (QED) is 0.628. The van der Waals surface area contributed by atoms with Crippen molar-refractivity contribution in [3.05, 3.63) is 52.5 Å². The van der Waals surface area contributed by atoms with Gasteiger partial charge in [0.05, 0.1) is 5.56 Å². The van der Waals surface area contributed by atoms with Crippen LogP contribution in [-0.2, 0) is 0 Å². The fourth-order valence-corrected chi connectivity index (χ4v) is 5.34. The van der Waals surface area contributed by atoms with Crippen molar-refractivity contribution >= 4 is 28.6 Å². The smallest absolute Gasteiger partial charge is 0.253 e. The van der Waals surface area contributed by atoms with Gasteiger partial charge >= 0.3 is 0 Å². The third-order valence-electron chi connectivity index (χ3n) is 6.76. The Balaban J connectivity index is 1.42. The van der Waals surface area contributed by atoms with Crippen molar-refractivity contribution in [2.75, 3.05) is 7.05 Å². The molecule has 1 aromatic heterocycles. The third kappa shape index (κ3) is 3.50. The molecule has 0 saturated carbocycles. The van der Waals surface area contributed by atoms with Crippen LogP contribution in [0, 0.1) is 6.92 Å². The highest BCUT2D eigenvalue weighted by molar-refractivity contribution is 6.30. The molecule has 5 rings (SSSR count). The van der Waals surface area contributed by atoms with Crippen LogP contribution in [-0.4, -0.2) is 41.0 Å². The number of amides is 1. The molecule has 2 aromatic carbocycles. The van der Waals surface area contributed by atoms with E-state index in [0.29, 0.717) is 39.7 Å². The Bertz CT molecular complexity index is 1100. The van der Waals surface area contributed by atoms with Gasteiger partial charge < -0.3 is 14.6 Å². The van der Waals surface area contributed by atoms with Gasteiger partial charge in [0.1, 0.15) is 5.52 Å². The van der Waals surface area contributed by atoms with Crippen molar-refractivity contribution < 1.29 is 9.21 Å². The lowest BCUT2D eigenvalue weighted by atomic mass is 9.82. The summed E-state index contributed by atoms with van der Waals surface area (Å²) in [7, 11) is 2.23. The highest BCUT2D eigenvalue weighted by atomic mass is 35.5. The molecule has 2 fully saturated rings. The molecular weight excluding hydrogens is 398 g/mol. The molecule has 6 heteroatoms. The van der Waals surface area contributed by atoms with E-state index in [1.165, 1.54) is 19.3 Å². The number of fused-ring (bicyclic) bond motifs is 3. The second-order valence-electron chi connectivity index (χ2n) is 8.68. The zero-order valence-electron chi connectivity index (χ0n) is 17.3. The molecule has 2 aliphatic rings. The van der Waals surface area contributed by atoms with E-state index in [0.717, 1.165) is 24.0 Å². The summed E-state index contributed by atoms with van der Waals surface area (Å²) in [6, 6.07) is 12.5. The van der Waals surface area contributed by atoms with Gasteiger partial charge in [-0.15, -0.1) is 0 Å². The highest BCUT2D eigenvalue weighted by Crippen LogP contribution is 2.33. The van der Waals surface area contributed by atoms with Crippen LogP contribution in [0.3, 0.4) is 0 Å². The number of aromatic nitrogens is 1. The number of rotatable bonds is 3. The normalized spacial score (nSPS) is 24.2. The summed E-state index contributed by atoms with van der Waals surface area (Å²) >= 11 is 6.08. The summed E-state index contributed by atoms with van der Waals surface area (Å²) in [5.74, 6) is 0.439. The molecule has 0 aliphatic carbocycles. The van der Waals surface area contributed by atoms with Gasteiger partial charge in [0.25, 0.3) is 5.91 Å². The summed E-state index contributed by atoms with van der Waals surface area (Å²) in [5.41, 5.74) is 3.65. The number of hydrogen-bond acceptors (Lipinski definition) is 4. The number of halogens is 1. The van der Waals surface area contributed by atoms with Crippen molar-refractivity contribution in [1.82, 2.24) is 15.2 Å². The molecule has 2 atom stereocenters. The average molecular weight is 424 g/mol. The lowest BCUT2D eigenvalue weighted by Crippen LogP contribution is -2.55. The summed E-state index contributed by atoms with van der Waals surface area (Å²) in [6.07, 6.45) is 5.78. The molecule has 2 saturated heterocycles. The zero-order valence-corrected chi connectivity index (χ0v) is 18.1. The Morgan fingerprint density at radius 3 is 2.70 bits per heavy atom. The first kappa shape index (κ1) is 19.6. The minimum absolute atomic E-state index is 0.0686. The van der Waals surface area contributed by atoms with Gasteiger partial charge in [-0.1, -0.05) is 24.1 Å². The number of oxazole rings is 1. The van der Waals surface area contributed by atoms with Crippen LogP contribution in [0.2, 0.25) is 5.02 Å². The number of piperidine rings is 2. The Morgan fingerprint density at radius 2 is 1.97 bits per heavy atom. The number of carbonyl (C=O) groups is 1. The Labute approximate surface area is 181 Å². The number of aryl methyl sites for hydroxylation is 1. The minimum Gasteiger partial charge on any atom is -0.436 e. The van der Waals surface area contributed by atoms with Gasteiger partial charge in [0.15, 0.2) is 5.58 Å². The summed E-state index contributed by atoms with van der Waals surface area (Å²) in [4.78, 5) is 20.3. The van der Waals surface area contributed by atoms with E-state index >= 15 is 0 Å². The summed E-state index contributed by atoms with van der Waals surface area (Å²) in [5, 5.41) is 3.96. The number of nitrogens with zero attached hydrogens (tertiary/aromatic N) is 2. The SMILES string of the molecule is Cc1cc(Cl)ccc1-c1nc2c(C(=O)NC3CC4CCCC(C3)N4C)cccc2o1. The second-order valence-corrected chi connectivity index (χ2v) is 9.11. The molecule has 156 valence electrons. The molecule has 0 radical (unpaired) electrons. The largest absolute Gasteiger partial charge is 0.436 e. The van der Waals surface area contributed by atoms with Crippen molar-refractivity contribution in [2.45, 2.75) is 57.2 Å². The van der Waals surface area contributed by atoms with E-state index in [-0.39, 0.29) is 11.9 Å². The van der Waals surface area contributed by atoms with Crippen LogP contribution >= 0.6 is 11.6 Å². The van der Waals surface area contributed by atoms with Crippen molar-refractivity contribution in [3.63, 3.8) is 0 Å². The number of carbonyl (C=O) groups excluding carboxylic acids is 1. The molecule has 2 bridgehead atoms. The number of benzene rings is 2. The summed E-state index contributed by atoms with van der Waals surface area (Å²) < 4.78 is 5.99.